The van der Waals surface area contributed by atoms with Crippen molar-refractivity contribution in [3.8, 4) is 0 Å². The van der Waals surface area contributed by atoms with Gasteiger partial charge in [0.15, 0.2) is 0 Å². The van der Waals surface area contributed by atoms with E-state index in [-0.39, 0.29) is 22.9 Å². The maximum absolute atomic E-state index is 13.1. The lowest BCUT2D eigenvalue weighted by atomic mass is 10.0. The number of rotatable bonds is 3. The number of alkyl halides is 3. The minimum atomic E-state index is -4.50. The van der Waals surface area contributed by atoms with Crippen LogP contribution in [0, 0.1) is 0 Å². The largest absolute Gasteiger partial charge is 0.416 e. The molecular formula is C17H16ClF3N4O2. The Morgan fingerprint density at radius 2 is 1.85 bits per heavy atom. The molecule has 6 nitrogen and oxygen atoms in total. The highest BCUT2D eigenvalue weighted by molar-refractivity contribution is 6.33. The van der Waals surface area contributed by atoms with Crippen LogP contribution in [0.3, 0.4) is 0 Å². The molecule has 0 unspecified atom stereocenters. The van der Waals surface area contributed by atoms with Gasteiger partial charge < -0.3 is 9.80 Å². The molecule has 1 aromatic heterocycles. The zero-order chi connectivity index (χ0) is 19.6. The Labute approximate surface area is 157 Å². The number of amides is 1. The molecule has 0 radical (unpaired) electrons. The normalized spacial score (nSPS) is 15.1. The molecular weight excluding hydrogens is 385 g/mol. The lowest BCUT2D eigenvalue weighted by Gasteiger charge is -2.36. The van der Waals surface area contributed by atoms with Crippen LogP contribution in [-0.4, -0.2) is 47.2 Å². The highest BCUT2D eigenvalue weighted by Gasteiger charge is 2.34. The zero-order valence-corrected chi connectivity index (χ0v) is 14.8. The van der Waals surface area contributed by atoms with Gasteiger partial charge in [-0.1, -0.05) is 29.8 Å². The van der Waals surface area contributed by atoms with Gasteiger partial charge in [-0.05, 0) is 11.6 Å². The number of carbonyl (C=O) groups excluding carboxylic acids is 1. The number of anilines is 1. The molecule has 10 heteroatoms. The van der Waals surface area contributed by atoms with Crippen molar-refractivity contribution in [2.24, 2.45) is 0 Å². The van der Waals surface area contributed by atoms with E-state index in [1.165, 1.54) is 29.3 Å². The fraction of sp³-hybridized carbons (Fsp3) is 0.353. The van der Waals surface area contributed by atoms with E-state index in [0.717, 1.165) is 6.07 Å². The maximum Gasteiger partial charge on any atom is 0.416 e. The molecule has 3 rings (SSSR count). The predicted molar refractivity (Wildman–Crippen MR) is 93.8 cm³/mol. The van der Waals surface area contributed by atoms with Crippen LogP contribution < -0.4 is 10.5 Å². The third-order valence-electron chi connectivity index (χ3n) is 4.41. The number of H-pyrrole nitrogens is 1. The number of nitrogens with zero attached hydrogens (tertiary/aromatic N) is 3. The number of carbonyl (C=O) groups is 1. The molecule has 144 valence electrons. The summed E-state index contributed by atoms with van der Waals surface area (Å²) in [7, 11) is 0. The minimum absolute atomic E-state index is 0.0175. The van der Waals surface area contributed by atoms with E-state index < -0.39 is 17.3 Å². The molecule has 1 saturated heterocycles. The number of aromatic amines is 1. The van der Waals surface area contributed by atoms with Gasteiger partial charge in [0.1, 0.15) is 5.02 Å². The van der Waals surface area contributed by atoms with Crippen molar-refractivity contribution >= 4 is 23.2 Å². The third-order valence-corrected chi connectivity index (χ3v) is 4.78. The molecule has 2 heterocycles. The summed E-state index contributed by atoms with van der Waals surface area (Å²) >= 11 is 5.98. The SMILES string of the molecule is O=C(Cc1ccccc1C(F)(F)F)N1CCN(c2cn[nH]c(=O)c2Cl)CC1. The lowest BCUT2D eigenvalue weighted by Crippen LogP contribution is -2.49. The summed E-state index contributed by atoms with van der Waals surface area (Å²) in [6.07, 6.45) is -3.39. The molecule has 0 saturated carbocycles. The van der Waals surface area contributed by atoms with E-state index in [1.807, 2.05) is 4.90 Å². The Morgan fingerprint density at radius 3 is 2.52 bits per heavy atom. The summed E-state index contributed by atoms with van der Waals surface area (Å²) in [6, 6.07) is 5.08. The van der Waals surface area contributed by atoms with Gasteiger partial charge >= 0.3 is 6.18 Å². The summed E-state index contributed by atoms with van der Waals surface area (Å²) in [4.78, 5) is 27.3. The third kappa shape index (κ3) is 4.24. The fourth-order valence-electron chi connectivity index (χ4n) is 3.02. The van der Waals surface area contributed by atoms with Crippen LogP contribution in [0.4, 0.5) is 18.9 Å². The van der Waals surface area contributed by atoms with E-state index in [0.29, 0.717) is 31.9 Å². The first-order chi connectivity index (χ1) is 12.8. The maximum atomic E-state index is 13.1. The second-order valence-corrected chi connectivity index (χ2v) is 6.48. The summed E-state index contributed by atoms with van der Waals surface area (Å²) in [5, 5.41) is 5.96. The van der Waals surface area contributed by atoms with Gasteiger partial charge in [0.25, 0.3) is 5.56 Å². The van der Waals surface area contributed by atoms with Gasteiger partial charge in [-0.3, -0.25) is 9.59 Å². The summed E-state index contributed by atoms with van der Waals surface area (Å²) in [5.41, 5.74) is -0.871. The number of halogens is 4. The van der Waals surface area contributed by atoms with Crippen molar-refractivity contribution in [2.75, 3.05) is 31.1 Å². The number of piperazine rings is 1. The Kier molecular flexibility index (Phi) is 5.41. The molecule has 1 aromatic carbocycles. The quantitative estimate of drug-likeness (QED) is 0.858. The average molecular weight is 401 g/mol. The second-order valence-electron chi connectivity index (χ2n) is 6.10. The van der Waals surface area contributed by atoms with Crippen molar-refractivity contribution in [1.82, 2.24) is 15.1 Å². The molecule has 1 aliphatic heterocycles. The molecule has 1 aliphatic rings. The van der Waals surface area contributed by atoms with Gasteiger partial charge in [-0.2, -0.15) is 18.3 Å². The molecule has 1 amide bonds. The van der Waals surface area contributed by atoms with E-state index in [1.54, 1.807) is 0 Å². The van der Waals surface area contributed by atoms with E-state index in [9.17, 15) is 22.8 Å². The Morgan fingerprint density at radius 1 is 1.19 bits per heavy atom. The van der Waals surface area contributed by atoms with E-state index in [4.69, 9.17) is 11.6 Å². The number of hydrogen-bond donors (Lipinski definition) is 1. The summed E-state index contributed by atoms with van der Waals surface area (Å²) < 4.78 is 39.2. The summed E-state index contributed by atoms with van der Waals surface area (Å²) in [6.45, 7) is 1.43. The number of benzene rings is 1. The Balaban J connectivity index is 1.66. The van der Waals surface area contributed by atoms with Crippen LogP contribution in [0.25, 0.3) is 0 Å². The number of hydrogen-bond acceptors (Lipinski definition) is 4. The van der Waals surface area contributed by atoms with Gasteiger partial charge in [-0.15, -0.1) is 0 Å². The van der Waals surface area contributed by atoms with Crippen molar-refractivity contribution < 1.29 is 18.0 Å². The summed E-state index contributed by atoms with van der Waals surface area (Å²) in [5.74, 6) is -0.374. The van der Waals surface area contributed by atoms with E-state index >= 15 is 0 Å². The minimum Gasteiger partial charge on any atom is -0.365 e. The average Bonchev–Trinajstić information content (AvgIpc) is 2.64. The smallest absolute Gasteiger partial charge is 0.365 e. The molecule has 0 atom stereocenters. The van der Waals surface area contributed by atoms with Crippen molar-refractivity contribution in [3.63, 3.8) is 0 Å². The van der Waals surface area contributed by atoms with Crippen LogP contribution in [0.2, 0.25) is 5.02 Å². The monoisotopic (exact) mass is 400 g/mol. The zero-order valence-electron chi connectivity index (χ0n) is 14.1. The van der Waals surface area contributed by atoms with Crippen molar-refractivity contribution in [3.05, 3.63) is 57.0 Å². The van der Waals surface area contributed by atoms with Crippen LogP contribution in [0.1, 0.15) is 11.1 Å². The second kappa shape index (κ2) is 7.59. The van der Waals surface area contributed by atoms with Crippen LogP contribution in [0.15, 0.2) is 35.3 Å². The van der Waals surface area contributed by atoms with Gasteiger partial charge in [0, 0.05) is 26.2 Å². The number of nitrogens with one attached hydrogen (secondary N) is 1. The highest BCUT2D eigenvalue weighted by atomic mass is 35.5. The first-order valence-electron chi connectivity index (χ1n) is 8.18. The first-order valence-corrected chi connectivity index (χ1v) is 8.56. The predicted octanol–water partition coefficient (Wildman–Crippen LogP) is 2.33. The van der Waals surface area contributed by atoms with Crippen LogP contribution in [-0.2, 0) is 17.4 Å². The van der Waals surface area contributed by atoms with Crippen LogP contribution >= 0.6 is 11.6 Å². The molecule has 0 spiro atoms. The Bertz CT molecular complexity index is 892. The van der Waals surface area contributed by atoms with Crippen molar-refractivity contribution in [2.45, 2.75) is 12.6 Å². The molecule has 2 aromatic rings. The number of aromatic nitrogens is 2. The van der Waals surface area contributed by atoms with Gasteiger partial charge in [-0.25, -0.2) is 5.10 Å². The van der Waals surface area contributed by atoms with Gasteiger partial charge in [0.05, 0.1) is 23.9 Å². The van der Waals surface area contributed by atoms with Crippen molar-refractivity contribution in [1.29, 1.82) is 0 Å². The fourth-order valence-corrected chi connectivity index (χ4v) is 3.23. The molecule has 1 N–H and O–H groups in total. The molecule has 27 heavy (non-hydrogen) atoms. The molecule has 0 aliphatic carbocycles. The first kappa shape index (κ1) is 19.2. The van der Waals surface area contributed by atoms with Crippen LogP contribution in [0.5, 0.6) is 0 Å². The van der Waals surface area contributed by atoms with Gasteiger partial charge in [0.2, 0.25) is 5.91 Å². The van der Waals surface area contributed by atoms with E-state index in [2.05, 4.69) is 10.2 Å². The topological polar surface area (TPSA) is 69.3 Å². The lowest BCUT2D eigenvalue weighted by molar-refractivity contribution is -0.138. The Hall–Kier alpha value is -2.55. The standard InChI is InChI=1S/C17H16ClF3N4O2/c18-15-13(10-22-23-16(15)27)24-5-7-25(8-6-24)14(26)9-11-3-1-2-4-12(11)17(19,20)21/h1-4,10H,5-9H2,(H,23,27). The highest BCUT2D eigenvalue weighted by Crippen LogP contribution is 2.32. The molecule has 1 fully saturated rings. The molecule has 0 bridgehead atoms.